The molecule has 0 bridgehead atoms. The van der Waals surface area contributed by atoms with Crippen LogP contribution in [0.25, 0.3) is 0 Å². The van der Waals surface area contributed by atoms with Crippen molar-refractivity contribution in [1.82, 2.24) is 0 Å². The minimum absolute atomic E-state index is 0.564. The molecule has 0 aliphatic heterocycles. The number of aliphatic hydroxyl groups is 1. The zero-order valence-corrected chi connectivity index (χ0v) is 10.4. The fourth-order valence-electron chi connectivity index (χ4n) is 0.749. The van der Waals surface area contributed by atoms with Crippen LogP contribution >= 0.6 is 0 Å². The van der Waals surface area contributed by atoms with Crippen molar-refractivity contribution < 1.29 is 19.5 Å². The maximum absolute atomic E-state index is 9.80. The summed E-state index contributed by atoms with van der Waals surface area (Å²) < 4.78 is 10.2. The molecular formula is C10H21BO4. The van der Waals surface area contributed by atoms with Gasteiger partial charge in [-0.25, -0.2) is 0 Å². The van der Waals surface area contributed by atoms with Crippen LogP contribution in [0, 0.1) is 0 Å². The van der Waals surface area contributed by atoms with Crippen LogP contribution in [0.3, 0.4) is 0 Å². The van der Waals surface area contributed by atoms with Gasteiger partial charge in [0.15, 0.2) is 0 Å². The Balaban J connectivity index is 4.48. The third kappa shape index (κ3) is 4.68. The molecule has 5 heteroatoms. The first-order valence-corrected chi connectivity index (χ1v) is 4.91. The molecule has 0 atom stereocenters. The number of rotatable bonds is 5. The van der Waals surface area contributed by atoms with Crippen LogP contribution in [0.2, 0.25) is 0 Å². The lowest BCUT2D eigenvalue weighted by atomic mass is 9.83. The molecule has 0 heterocycles. The molecule has 0 saturated heterocycles. The van der Waals surface area contributed by atoms with Crippen LogP contribution in [-0.2, 0) is 9.39 Å². The molecule has 0 fully saturated rings. The van der Waals surface area contributed by atoms with E-state index < -0.39 is 18.3 Å². The van der Waals surface area contributed by atoms with Gasteiger partial charge in [0, 0.05) is 0 Å². The number of methoxy groups -OCH3 is 1. The van der Waals surface area contributed by atoms with Crippen molar-refractivity contribution >= 4 is 7.12 Å². The van der Waals surface area contributed by atoms with Gasteiger partial charge in [0.25, 0.3) is 0 Å². The van der Waals surface area contributed by atoms with E-state index in [1.165, 1.54) is 13.1 Å². The van der Waals surface area contributed by atoms with Crippen molar-refractivity contribution in [1.29, 1.82) is 0 Å². The van der Waals surface area contributed by atoms with Crippen LogP contribution < -0.4 is 0 Å². The van der Waals surface area contributed by atoms with E-state index in [-0.39, 0.29) is 0 Å². The minimum atomic E-state index is -1.09. The summed E-state index contributed by atoms with van der Waals surface area (Å²) in [4.78, 5) is 0. The molecule has 88 valence electrons. The Morgan fingerprint density at radius 1 is 1.27 bits per heavy atom. The van der Waals surface area contributed by atoms with Crippen molar-refractivity contribution in [3.8, 4) is 0 Å². The van der Waals surface area contributed by atoms with Gasteiger partial charge in [-0.3, -0.25) is 0 Å². The normalized spacial score (nSPS) is 14.0. The quantitative estimate of drug-likeness (QED) is 0.534. The van der Waals surface area contributed by atoms with E-state index in [2.05, 4.69) is 0 Å². The first-order valence-electron chi connectivity index (χ1n) is 4.91. The van der Waals surface area contributed by atoms with Crippen molar-refractivity contribution in [3.63, 3.8) is 0 Å². The van der Waals surface area contributed by atoms with Crippen molar-refractivity contribution in [3.05, 3.63) is 11.7 Å². The van der Waals surface area contributed by atoms with E-state index in [4.69, 9.17) is 9.39 Å². The first-order chi connectivity index (χ1) is 6.60. The summed E-state index contributed by atoms with van der Waals surface area (Å²) in [6.45, 7) is 8.40. The summed E-state index contributed by atoms with van der Waals surface area (Å²) >= 11 is 0. The zero-order chi connectivity index (χ0) is 12.3. The molecule has 0 aliphatic rings. The molecule has 0 aromatic rings. The van der Waals surface area contributed by atoms with Gasteiger partial charge in [-0.2, -0.15) is 0 Å². The third-order valence-corrected chi connectivity index (χ3v) is 2.59. The summed E-state index contributed by atoms with van der Waals surface area (Å²) in [5.41, 5.74) is -1.89. The molecule has 0 unspecified atom stereocenters. The molecule has 0 aromatic carbocycles. The second kappa shape index (κ2) is 5.01. The SMILES string of the molecule is COC(C)=CB(O)OC(C)(C)C(C)(C)O. The summed E-state index contributed by atoms with van der Waals surface area (Å²) in [6, 6.07) is 0. The van der Waals surface area contributed by atoms with Gasteiger partial charge in [0.1, 0.15) is 0 Å². The highest BCUT2D eigenvalue weighted by molar-refractivity contribution is 6.49. The highest BCUT2D eigenvalue weighted by Gasteiger charge is 2.38. The van der Waals surface area contributed by atoms with Crippen LogP contribution in [0.1, 0.15) is 34.6 Å². The second-order valence-electron chi connectivity index (χ2n) is 4.56. The zero-order valence-electron chi connectivity index (χ0n) is 10.4. The lowest BCUT2D eigenvalue weighted by Gasteiger charge is -2.38. The maximum Gasteiger partial charge on any atom is 0.487 e. The fraction of sp³-hybridized carbons (Fsp3) is 0.800. The van der Waals surface area contributed by atoms with Crippen LogP contribution in [0.15, 0.2) is 11.7 Å². The smallest absolute Gasteiger partial charge is 0.487 e. The molecule has 0 rings (SSSR count). The Hall–Kier alpha value is -0.515. The van der Waals surface area contributed by atoms with Crippen LogP contribution in [-0.4, -0.2) is 35.6 Å². The number of allylic oxidation sites excluding steroid dienone is 1. The maximum atomic E-state index is 9.80. The average molecular weight is 216 g/mol. The van der Waals surface area contributed by atoms with E-state index in [1.807, 2.05) is 0 Å². The predicted octanol–water partition coefficient (Wildman–Crippen LogP) is 1.12. The Morgan fingerprint density at radius 3 is 2.07 bits per heavy atom. The molecular weight excluding hydrogens is 195 g/mol. The molecule has 4 nitrogen and oxygen atoms in total. The van der Waals surface area contributed by atoms with E-state index in [1.54, 1.807) is 34.6 Å². The molecule has 0 radical (unpaired) electrons. The Morgan fingerprint density at radius 2 is 1.73 bits per heavy atom. The topological polar surface area (TPSA) is 58.9 Å². The molecule has 0 aliphatic carbocycles. The van der Waals surface area contributed by atoms with E-state index >= 15 is 0 Å². The Bertz CT molecular complexity index is 230. The molecule has 0 spiro atoms. The van der Waals surface area contributed by atoms with Crippen LogP contribution in [0.5, 0.6) is 0 Å². The van der Waals surface area contributed by atoms with Gasteiger partial charge in [0.05, 0.1) is 24.1 Å². The summed E-state index contributed by atoms with van der Waals surface area (Å²) in [7, 11) is 0.422. The van der Waals surface area contributed by atoms with Gasteiger partial charge in [-0.05, 0) is 40.6 Å². The van der Waals surface area contributed by atoms with Crippen molar-refractivity contribution in [2.75, 3.05) is 7.11 Å². The number of hydrogen-bond donors (Lipinski definition) is 2. The predicted molar refractivity (Wildman–Crippen MR) is 60.2 cm³/mol. The van der Waals surface area contributed by atoms with Crippen LogP contribution in [0.4, 0.5) is 0 Å². The van der Waals surface area contributed by atoms with E-state index in [9.17, 15) is 10.1 Å². The van der Waals surface area contributed by atoms with E-state index in [0.717, 1.165) is 0 Å². The molecule has 0 saturated carbocycles. The highest BCUT2D eigenvalue weighted by atomic mass is 16.5. The lowest BCUT2D eigenvalue weighted by Crippen LogP contribution is -2.50. The largest absolute Gasteiger partial charge is 0.502 e. The highest BCUT2D eigenvalue weighted by Crippen LogP contribution is 2.25. The Kier molecular flexibility index (Phi) is 4.84. The third-order valence-electron chi connectivity index (χ3n) is 2.59. The van der Waals surface area contributed by atoms with E-state index in [0.29, 0.717) is 5.76 Å². The summed E-state index contributed by atoms with van der Waals surface area (Å²) in [6.07, 6.45) is 0. The number of hydrogen-bond acceptors (Lipinski definition) is 4. The molecule has 0 amide bonds. The summed E-state index contributed by atoms with van der Waals surface area (Å²) in [5.74, 6) is 2.00. The van der Waals surface area contributed by atoms with Gasteiger partial charge < -0.3 is 19.5 Å². The summed E-state index contributed by atoms with van der Waals surface area (Å²) in [5, 5.41) is 19.4. The van der Waals surface area contributed by atoms with Gasteiger partial charge >= 0.3 is 7.12 Å². The first kappa shape index (κ1) is 14.5. The van der Waals surface area contributed by atoms with Crippen molar-refractivity contribution in [2.24, 2.45) is 0 Å². The standard InChI is InChI=1S/C10H21BO4/c1-8(14-6)7-11(13)15-10(4,5)9(2,3)12/h7,12-13H,1-6H3. The van der Waals surface area contributed by atoms with Gasteiger partial charge in [0.2, 0.25) is 0 Å². The molecule has 15 heavy (non-hydrogen) atoms. The number of ether oxygens (including phenoxy) is 1. The fourth-order valence-corrected chi connectivity index (χ4v) is 0.749. The van der Waals surface area contributed by atoms with Crippen molar-refractivity contribution in [2.45, 2.75) is 45.8 Å². The lowest BCUT2D eigenvalue weighted by molar-refractivity contribution is -0.0985. The Labute approximate surface area is 92.0 Å². The van der Waals surface area contributed by atoms with Gasteiger partial charge in [-0.15, -0.1) is 0 Å². The second-order valence-corrected chi connectivity index (χ2v) is 4.56. The minimum Gasteiger partial charge on any atom is -0.502 e. The average Bonchev–Trinajstić information content (AvgIpc) is 2.00. The van der Waals surface area contributed by atoms with Gasteiger partial charge in [-0.1, -0.05) is 0 Å². The monoisotopic (exact) mass is 216 g/mol. The molecule has 0 aromatic heterocycles. The molecule has 2 N–H and O–H groups in total.